The number of hydrogen-bond acceptors (Lipinski definition) is 6. The monoisotopic (exact) mass is 492 g/mol. The molecule has 2 saturated heterocycles. The fraction of sp³-hybridized carbons (Fsp3) is 0.533. The second kappa shape index (κ2) is 13.0. The van der Waals surface area contributed by atoms with Gasteiger partial charge in [-0.2, -0.15) is 0 Å². The minimum Gasteiger partial charge on any atom is -0.492 e. The molecule has 0 saturated carbocycles. The van der Waals surface area contributed by atoms with Crippen LogP contribution >= 0.6 is 0 Å². The van der Waals surface area contributed by atoms with Crippen molar-refractivity contribution in [2.45, 2.75) is 64.1 Å². The third-order valence-corrected chi connectivity index (χ3v) is 7.76. The highest BCUT2D eigenvalue weighted by Crippen LogP contribution is 2.28. The maximum Gasteiger partial charge on any atom is 0.150 e. The number of ether oxygens (including phenoxy) is 2. The first-order valence-electron chi connectivity index (χ1n) is 13.4. The molecule has 4 atom stereocenters. The van der Waals surface area contributed by atoms with E-state index in [1.54, 1.807) is 12.1 Å². The van der Waals surface area contributed by atoms with Crippen molar-refractivity contribution in [2.24, 2.45) is 5.92 Å². The number of hydrogen-bond donors (Lipinski definition) is 0. The number of carbonyl (C=O) groups is 2. The van der Waals surface area contributed by atoms with Gasteiger partial charge >= 0.3 is 0 Å². The predicted octanol–water partition coefficient (Wildman–Crippen LogP) is 5.11. The van der Waals surface area contributed by atoms with Gasteiger partial charge in [0.15, 0.2) is 0 Å². The molecule has 194 valence electrons. The van der Waals surface area contributed by atoms with E-state index in [0.29, 0.717) is 42.5 Å². The maximum absolute atomic E-state index is 10.9. The zero-order valence-corrected chi connectivity index (χ0v) is 21.7. The Labute approximate surface area is 215 Å². The molecule has 0 unspecified atom stereocenters. The van der Waals surface area contributed by atoms with Gasteiger partial charge in [0.05, 0.1) is 0 Å². The second-order valence-electron chi connectivity index (χ2n) is 10.5. The molecule has 2 heterocycles. The van der Waals surface area contributed by atoms with Crippen LogP contribution in [0.1, 0.15) is 66.7 Å². The molecule has 2 aliphatic rings. The highest BCUT2D eigenvalue weighted by molar-refractivity contribution is 5.75. The number of rotatable bonds is 13. The first-order chi connectivity index (χ1) is 17.6. The number of carbonyl (C=O) groups excluding carboxylic acids is 2. The van der Waals surface area contributed by atoms with E-state index >= 15 is 0 Å². The lowest BCUT2D eigenvalue weighted by Gasteiger charge is -2.33. The smallest absolute Gasteiger partial charge is 0.150 e. The number of nitrogens with zero attached hydrogens (tertiary/aromatic N) is 2. The molecule has 2 aliphatic heterocycles. The lowest BCUT2D eigenvalue weighted by molar-refractivity contribution is 0.108. The van der Waals surface area contributed by atoms with Crippen LogP contribution in [-0.2, 0) is 0 Å². The third kappa shape index (κ3) is 7.17. The van der Waals surface area contributed by atoms with Crippen molar-refractivity contribution in [2.75, 3.05) is 32.8 Å². The highest BCUT2D eigenvalue weighted by Gasteiger charge is 2.32. The molecule has 6 nitrogen and oxygen atoms in total. The van der Waals surface area contributed by atoms with Gasteiger partial charge in [0, 0.05) is 35.8 Å². The van der Waals surface area contributed by atoms with Crippen LogP contribution in [0, 0.1) is 5.92 Å². The van der Waals surface area contributed by atoms with Crippen molar-refractivity contribution in [3.05, 3.63) is 59.7 Å². The zero-order chi connectivity index (χ0) is 25.3. The van der Waals surface area contributed by atoms with Gasteiger partial charge in [0.25, 0.3) is 0 Å². The topological polar surface area (TPSA) is 59.1 Å². The maximum atomic E-state index is 10.9. The largest absolute Gasteiger partial charge is 0.492 e. The van der Waals surface area contributed by atoms with E-state index in [9.17, 15) is 9.59 Å². The van der Waals surface area contributed by atoms with Crippen molar-refractivity contribution in [3.63, 3.8) is 0 Å². The Bertz CT molecular complexity index is 962. The van der Waals surface area contributed by atoms with E-state index in [0.717, 1.165) is 62.5 Å². The SMILES string of the molecule is C[C@H]1CCN([C@@H](CC[C@@H]2CCCN2[C@@H](C)COc2ccc(C=O)cc2)COc2ccc(C=O)cc2)C1. The molecule has 0 bridgehead atoms. The van der Waals surface area contributed by atoms with Gasteiger partial charge in [-0.15, -0.1) is 0 Å². The van der Waals surface area contributed by atoms with E-state index in [1.165, 1.54) is 19.3 Å². The van der Waals surface area contributed by atoms with Gasteiger partial charge in [0.2, 0.25) is 0 Å². The average Bonchev–Trinajstić information content (AvgIpc) is 3.57. The van der Waals surface area contributed by atoms with E-state index in [4.69, 9.17) is 9.47 Å². The van der Waals surface area contributed by atoms with Gasteiger partial charge < -0.3 is 9.47 Å². The van der Waals surface area contributed by atoms with Gasteiger partial charge in [-0.3, -0.25) is 19.4 Å². The summed E-state index contributed by atoms with van der Waals surface area (Å²) in [6.07, 6.45) is 7.70. The van der Waals surface area contributed by atoms with Crippen LogP contribution in [0.5, 0.6) is 11.5 Å². The Hall–Kier alpha value is -2.70. The fourth-order valence-electron chi connectivity index (χ4n) is 5.60. The van der Waals surface area contributed by atoms with E-state index in [-0.39, 0.29) is 0 Å². The first-order valence-corrected chi connectivity index (χ1v) is 13.4. The fourth-order valence-corrected chi connectivity index (χ4v) is 5.60. The van der Waals surface area contributed by atoms with Crippen LogP contribution in [0.15, 0.2) is 48.5 Å². The number of benzene rings is 2. The predicted molar refractivity (Wildman–Crippen MR) is 142 cm³/mol. The summed E-state index contributed by atoms with van der Waals surface area (Å²) in [6.45, 7) is 9.30. The van der Waals surface area contributed by atoms with Crippen molar-refractivity contribution in [1.29, 1.82) is 0 Å². The van der Waals surface area contributed by atoms with Gasteiger partial charge in [-0.1, -0.05) is 6.92 Å². The molecular weight excluding hydrogens is 452 g/mol. The number of likely N-dealkylation sites (tertiary alicyclic amines) is 2. The summed E-state index contributed by atoms with van der Waals surface area (Å²) in [7, 11) is 0. The molecule has 0 aromatic heterocycles. The van der Waals surface area contributed by atoms with E-state index < -0.39 is 0 Å². The normalized spacial score (nSPS) is 22.3. The van der Waals surface area contributed by atoms with E-state index in [2.05, 4.69) is 23.6 Å². The standard InChI is InChI=1S/C30H40N2O4/c1-23-15-17-31(18-23)28(22-36-30-13-7-26(20-34)8-14-30)10-9-27-4-3-16-32(27)24(2)21-35-29-11-5-25(19-33)6-12-29/h5-8,11-14,19-20,23-24,27-28H,3-4,9-10,15-18,21-22H2,1-2H3/t23-,24-,27-,28-/m0/s1. The summed E-state index contributed by atoms with van der Waals surface area (Å²) in [4.78, 5) is 27.0. The molecule has 0 radical (unpaired) electrons. The Balaban J connectivity index is 1.30. The van der Waals surface area contributed by atoms with Crippen LogP contribution in [-0.4, -0.2) is 73.3 Å². The van der Waals surface area contributed by atoms with Gasteiger partial charge in [0.1, 0.15) is 37.3 Å². The highest BCUT2D eigenvalue weighted by atomic mass is 16.5. The van der Waals surface area contributed by atoms with Crippen molar-refractivity contribution in [1.82, 2.24) is 9.80 Å². The second-order valence-corrected chi connectivity index (χ2v) is 10.5. The van der Waals surface area contributed by atoms with Crippen LogP contribution in [0.3, 0.4) is 0 Å². The Kier molecular flexibility index (Phi) is 9.54. The summed E-state index contributed by atoms with van der Waals surface area (Å²) in [6, 6.07) is 16.0. The molecule has 0 spiro atoms. The van der Waals surface area contributed by atoms with Crippen LogP contribution in [0.4, 0.5) is 0 Å². The molecule has 0 amide bonds. The van der Waals surface area contributed by atoms with Crippen LogP contribution < -0.4 is 9.47 Å². The average molecular weight is 493 g/mol. The van der Waals surface area contributed by atoms with Crippen molar-refractivity contribution >= 4 is 12.6 Å². The Morgan fingerprint density at radius 1 is 0.889 bits per heavy atom. The van der Waals surface area contributed by atoms with Crippen LogP contribution in [0.25, 0.3) is 0 Å². The minimum absolute atomic E-state index is 0.334. The summed E-state index contributed by atoms with van der Waals surface area (Å²) in [5.41, 5.74) is 1.34. The van der Waals surface area contributed by atoms with Gasteiger partial charge in [-0.25, -0.2) is 0 Å². The molecule has 4 rings (SSSR count). The molecule has 0 aliphatic carbocycles. The molecule has 2 aromatic rings. The van der Waals surface area contributed by atoms with E-state index in [1.807, 2.05) is 36.4 Å². The molecule has 2 fully saturated rings. The molecule has 2 aromatic carbocycles. The molecular formula is C30H40N2O4. The van der Waals surface area contributed by atoms with Crippen molar-refractivity contribution in [3.8, 4) is 11.5 Å². The van der Waals surface area contributed by atoms with Crippen LogP contribution in [0.2, 0.25) is 0 Å². The zero-order valence-electron chi connectivity index (χ0n) is 21.7. The Morgan fingerprint density at radius 2 is 1.50 bits per heavy atom. The Morgan fingerprint density at radius 3 is 2.06 bits per heavy atom. The minimum atomic E-state index is 0.334. The number of aldehydes is 2. The van der Waals surface area contributed by atoms with Crippen molar-refractivity contribution < 1.29 is 19.1 Å². The first kappa shape index (κ1) is 26.4. The summed E-state index contributed by atoms with van der Waals surface area (Å²) in [5.74, 6) is 2.37. The lowest BCUT2D eigenvalue weighted by atomic mass is 10.0. The third-order valence-electron chi connectivity index (χ3n) is 7.76. The quantitative estimate of drug-likeness (QED) is 0.362. The summed E-state index contributed by atoms with van der Waals surface area (Å²) < 4.78 is 12.2. The molecule has 0 N–H and O–H groups in total. The molecule has 36 heavy (non-hydrogen) atoms. The summed E-state index contributed by atoms with van der Waals surface area (Å²) >= 11 is 0. The summed E-state index contributed by atoms with van der Waals surface area (Å²) in [5, 5.41) is 0. The lowest BCUT2D eigenvalue weighted by Crippen LogP contribution is -2.43. The van der Waals surface area contributed by atoms with Gasteiger partial charge in [-0.05, 0) is 107 Å². The molecule has 6 heteroatoms.